The zero-order valence-corrected chi connectivity index (χ0v) is 6.75. The summed E-state index contributed by atoms with van der Waals surface area (Å²) in [7, 11) is 1.47. The maximum Gasteiger partial charge on any atom is 0.244 e. The maximum atomic E-state index is 11.9. The van der Waals surface area contributed by atoms with Gasteiger partial charge in [-0.1, -0.05) is 0 Å². The smallest absolute Gasteiger partial charge is 0.244 e. The third kappa shape index (κ3) is 1.32. The summed E-state index contributed by atoms with van der Waals surface area (Å²) in [6.07, 6.45) is 0. The van der Waals surface area contributed by atoms with E-state index < -0.39 is 24.4 Å². The Labute approximate surface area is 69.3 Å². The summed E-state index contributed by atoms with van der Waals surface area (Å²) in [5, 5.41) is 0. The van der Waals surface area contributed by atoms with Gasteiger partial charge >= 0.3 is 0 Å². The van der Waals surface area contributed by atoms with Crippen molar-refractivity contribution >= 4 is 11.8 Å². The van der Waals surface area contributed by atoms with Gasteiger partial charge in [-0.25, -0.2) is 4.39 Å². The average Bonchev–Trinajstić information content (AvgIpc) is 2.06. The van der Waals surface area contributed by atoms with Gasteiger partial charge in [0.2, 0.25) is 11.8 Å². The molecule has 0 aromatic heterocycles. The third-order valence-corrected chi connectivity index (χ3v) is 1.80. The van der Waals surface area contributed by atoms with E-state index in [1.807, 2.05) is 0 Å². The molecule has 0 aromatic rings. The van der Waals surface area contributed by atoms with Crippen molar-refractivity contribution in [1.82, 2.24) is 4.90 Å². The molecule has 1 fully saturated rings. The zero-order chi connectivity index (χ0) is 9.14. The van der Waals surface area contributed by atoms with Crippen molar-refractivity contribution in [2.45, 2.75) is 0 Å². The van der Waals surface area contributed by atoms with Crippen molar-refractivity contribution in [3.05, 3.63) is 0 Å². The SMILES string of the molecule is COCCN1C(=O)C(CF)C1=O. The number of amides is 2. The molecule has 1 saturated heterocycles. The van der Waals surface area contributed by atoms with Gasteiger partial charge in [0.25, 0.3) is 0 Å². The number of alkyl halides is 1. The van der Waals surface area contributed by atoms with Gasteiger partial charge < -0.3 is 4.74 Å². The number of halogens is 1. The first-order chi connectivity index (χ1) is 5.72. The molecule has 0 unspecified atom stereocenters. The Hall–Kier alpha value is -0.970. The molecule has 0 spiro atoms. The van der Waals surface area contributed by atoms with Crippen LogP contribution >= 0.6 is 0 Å². The highest BCUT2D eigenvalue weighted by molar-refractivity contribution is 6.17. The minimum atomic E-state index is -1.04. The van der Waals surface area contributed by atoms with E-state index in [0.717, 1.165) is 4.90 Å². The second-order valence-electron chi connectivity index (χ2n) is 2.53. The lowest BCUT2D eigenvalue weighted by Crippen LogP contribution is -2.59. The van der Waals surface area contributed by atoms with Crippen LogP contribution in [0.15, 0.2) is 0 Å². The minimum Gasteiger partial charge on any atom is -0.383 e. The van der Waals surface area contributed by atoms with Gasteiger partial charge in [0, 0.05) is 7.11 Å². The van der Waals surface area contributed by atoms with E-state index >= 15 is 0 Å². The van der Waals surface area contributed by atoms with E-state index in [9.17, 15) is 14.0 Å². The van der Waals surface area contributed by atoms with Crippen LogP contribution in [0.4, 0.5) is 4.39 Å². The number of hydrogen-bond acceptors (Lipinski definition) is 3. The lowest BCUT2D eigenvalue weighted by molar-refractivity contribution is -0.167. The molecular formula is C7H10FNO3. The third-order valence-electron chi connectivity index (χ3n) is 1.80. The highest BCUT2D eigenvalue weighted by atomic mass is 19.1. The van der Waals surface area contributed by atoms with E-state index in [4.69, 9.17) is 0 Å². The molecule has 68 valence electrons. The number of methoxy groups -OCH3 is 1. The fourth-order valence-electron chi connectivity index (χ4n) is 1.06. The second kappa shape index (κ2) is 3.62. The summed E-state index contributed by atoms with van der Waals surface area (Å²) in [6, 6.07) is 0. The lowest BCUT2D eigenvalue weighted by atomic mass is 9.99. The van der Waals surface area contributed by atoms with Crippen LogP contribution in [0.25, 0.3) is 0 Å². The topological polar surface area (TPSA) is 46.6 Å². The van der Waals surface area contributed by atoms with Gasteiger partial charge in [-0.3, -0.25) is 14.5 Å². The summed E-state index contributed by atoms with van der Waals surface area (Å²) in [5.74, 6) is -1.90. The lowest BCUT2D eigenvalue weighted by Gasteiger charge is -2.34. The van der Waals surface area contributed by atoms with Crippen molar-refractivity contribution in [3.8, 4) is 0 Å². The largest absolute Gasteiger partial charge is 0.383 e. The predicted molar refractivity (Wildman–Crippen MR) is 38.1 cm³/mol. The maximum absolute atomic E-state index is 11.9. The first kappa shape index (κ1) is 9.12. The molecule has 0 aromatic carbocycles. The quantitative estimate of drug-likeness (QED) is 0.431. The van der Waals surface area contributed by atoms with Crippen LogP contribution in [0.1, 0.15) is 0 Å². The number of carbonyl (C=O) groups is 2. The van der Waals surface area contributed by atoms with Gasteiger partial charge in [0.1, 0.15) is 12.6 Å². The van der Waals surface area contributed by atoms with Crippen molar-refractivity contribution < 1.29 is 18.7 Å². The highest BCUT2D eigenvalue weighted by Gasteiger charge is 2.45. The van der Waals surface area contributed by atoms with Crippen LogP contribution in [0.5, 0.6) is 0 Å². The molecule has 0 radical (unpaired) electrons. The van der Waals surface area contributed by atoms with Crippen LogP contribution in [0.3, 0.4) is 0 Å². The van der Waals surface area contributed by atoms with Crippen molar-refractivity contribution in [2.75, 3.05) is 26.9 Å². The molecule has 12 heavy (non-hydrogen) atoms. The average molecular weight is 175 g/mol. The van der Waals surface area contributed by atoms with Crippen LogP contribution in [-0.4, -0.2) is 43.7 Å². The summed E-state index contributed by atoms with van der Waals surface area (Å²) >= 11 is 0. The van der Waals surface area contributed by atoms with Gasteiger partial charge in [0.05, 0.1) is 13.2 Å². The number of imide groups is 1. The van der Waals surface area contributed by atoms with Crippen LogP contribution < -0.4 is 0 Å². The molecular weight excluding hydrogens is 165 g/mol. The summed E-state index contributed by atoms with van der Waals surface area (Å²) < 4.78 is 16.6. The molecule has 1 rings (SSSR count). The Morgan fingerprint density at radius 1 is 1.50 bits per heavy atom. The van der Waals surface area contributed by atoms with E-state index in [1.165, 1.54) is 7.11 Å². The zero-order valence-electron chi connectivity index (χ0n) is 6.75. The van der Waals surface area contributed by atoms with Gasteiger partial charge in [-0.2, -0.15) is 0 Å². The molecule has 0 aliphatic carbocycles. The predicted octanol–water partition coefficient (Wildman–Crippen LogP) is -0.413. The van der Waals surface area contributed by atoms with Crippen molar-refractivity contribution in [2.24, 2.45) is 5.92 Å². The van der Waals surface area contributed by atoms with Gasteiger partial charge in [-0.05, 0) is 0 Å². The number of rotatable bonds is 4. The number of hydrogen-bond donors (Lipinski definition) is 0. The second-order valence-corrected chi connectivity index (χ2v) is 2.53. The van der Waals surface area contributed by atoms with Crippen molar-refractivity contribution in [1.29, 1.82) is 0 Å². The van der Waals surface area contributed by atoms with Crippen LogP contribution in [0.2, 0.25) is 0 Å². The van der Waals surface area contributed by atoms with Gasteiger partial charge in [-0.15, -0.1) is 0 Å². The van der Waals surface area contributed by atoms with Crippen LogP contribution in [-0.2, 0) is 14.3 Å². The highest BCUT2D eigenvalue weighted by Crippen LogP contribution is 2.19. The van der Waals surface area contributed by atoms with E-state index in [-0.39, 0.29) is 6.54 Å². The van der Waals surface area contributed by atoms with E-state index in [0.29, 0.717) is 6.61 Å². The Balaban J connectivity index is 2.40. The Morgan fingerprint density at radius 3 is 2.50 bits per heavy atom. The summed E-state index contributed by atoms with van der Waals surface area (Å²) in [6.45, 7) is -0.359. The van der Waals surface area contributed by atoms with Gasteiger partial charge in [0.15, 0.2) is 0 Å². The number of carbonyl (C=O) groups excluding carboxylic acids is 2. The molecule has 0 atom stereocenters. The fourth-order valence-corrected chi connectivity index (χ4v) is 1.06. The number of likely N-dealkylation sites (tertiary alicyclic amines) is 1. The summed E-state index contributed by atoms with van der Waals surface area (Å²) in [4.78, 5) is 22.8. The van der Waals surface area contributed by atoms with E-state index in [1.54, 1.807) is 0 Å². The Kier molecular flexibility index (Phi) is 2.75. The first-order valence-corrected chi connectivity index (χ1v) is 3.62. The molecule has 4 nitrogen and oxygen atoms in total. The normalized spacial score (nSPS) is 18.3. The van der Waals surface area contributed by atoms with E-state index in [2.05, 4.69) is 4.74 Å². The number of ether oxygens (including phenoxy) is 1. The molecule has 2 amide bonds. The summed E-state index contributed by atoms with van der Waals surface area (Å²) in [5.41, 5.74) is 0. The molecule has 0 bridgehead atoms. The van der Waals surface area contributed by atoms with Crippen molar-refractivity contribution in [3.63, 3.8) is 0 Å². The number of β-lactam (4-membered cyclic amide) rings is 2. The Bertz CT molecular complexity index is 191. The fraction of sp³-hybridized carbons (Fsp3) is 0.714. The molecule has 1 aliphatic heterocycles. The number of nitrogens with zero attached hydrogens (tertiary/aromatic N) is 1. The monoisotopic (exact) mass is 175 g/mol. The minimum absolute atomic E-state index is 0.227. The molecule has 1 heterocycles. The molecule has 0 N–H and O–H groups in total. The first-order valence-electron chi connectivity index (χ1n) is 3.62. The molecule has 0 saturated carbocycles. The molecule has 1 aliphatic rings. The standard InChI is InChI=1S/C7H10FNO3/c1-12-3-2-9-6(10)5(4-8)7(9)11/h5H,2-4H2,1H3. The van der Waals surface area contributed by atoms with Crippen LogP contribution in [0, 0.1) is 5.92 Å². The Morgan fingerprint density at radius 2 is 2.08 bits per heavy atom. The molecule has 5 heteroatoms.